The number of thiol groups is 1. The lowest BCUT2D eigenvalue weighted by Gasteiger charge is -1.94. The first-order chi connectivity index (χ1) is 4.22. The predicted molar refractivity (Wildman–Crippen MR) is 42.6 cm³/mol. The van der Waals surface area contributed by atoms with Crippen LogP contribution in [0.4, 0.5) is 0 Å². The summed E-state index contributed by atoms with van der Waals surface area (Å²) in [6, 6.07) is 6.14. The van der Waals surface area contributed by atoms with Gasteiger partial charge in [-0.25, -0.2) is 0 Å². The van der Waals surface area contributed by atoms with E-state index in [1.54, 1.807) is 12.1 Å². The first-order valence-electron chi connectivity index (χ1n) is 2.26. The predicted octanol–water partition coefficient (Wildman–Crippen LogP) is 3.08. The van der Waals surface area contributed by atoms with Gasteiger partial charge in [-0.05, 0) is 6.07 Å². The second-order valence-electron chi connectivity index (χ2n) is 1.49. The molecule has 0 spiro atoms. The van der Waals surface area contributed by atoms with E-state index in [4.69, 9.17) is 23.2 Å². The molecular formula is C6H3Cl2S. The molecule has 1 rings (SSSR count). The minimum absolute atomic E-state index is 0.421. The van der Waals surface area contributed by atoms with E-state index in [1.165, 1.54) is 0 Å². The van der Waals surface area contributed by atoms with E-state index in [1.807, 2.05) is 0 Å². The summed E-state index contributed by atoms with van der Waals surface area (Å²) in [4.78, 5) is 0.681. The van der Waals surface area contributed by atoms with Crippen LogP contribution in [0.15, 0.2) is 17.0 Å². The Morgan fingerprint density at radius 3 is 2.56 bits per heavy atom. The van der Waals surface area contributed by atoms with Crippen LogP contribution in [0, 0.1) is 6.07 Å². The molecule has 1 aromatic carbocycles. The minimum Gasteiger partial charge on any atom is -0.142 e. The second kappa shape index (κ2) is 2.82. The average Bonchev–Trinajstić information content (AvgIpc) is 1.83. The zero-order chi connectivity index (χ0) is 6.85. The van der Waals surface area contributed by atoms with E-state index >= 15 is 0 Å². The highest BCUT2D eigenvalue weighted by Crippen LogP contribution is 2.26. The summed E-state index contributed by atoms with van der Waals surface area (Å²) in [5, 5.41) is 0.881. The monoisotopic (exact) mass is 177 g/mol. The van der Waals surface area contributed by atoms with Crippen molar-refractivity contribution >= 4 is 35.8 Å². The van der Waals surface area contributed by atoms with Gasteiger partial charge < -0.3 is 0 Å². The normalized spacial score (nSPS) is 9.67. The molecule has 0 aliphatic heterocycles. The maximum atomic E-state index is 5.64. The quantitative estimate of drug-likeness (QED) is 0.580. The third kappa shape index (κ3) is 1.54. The number of halogens is 2. The standard InChI is InChI=1S/C6H3Cl2S/c7-4-2-1-3-5(9)6(4)8/h1,3,9H. The summed E-state index contributed by atoms with van der Waals surface area (Å²) in [6.07, 6.45) is 0. The van der Waals surface area contributed by atoms with Crippen molar-refractivity contribution in [1.82, 2.24) is 0 Å². The lowest BCUT2D eigenvalue weighted by molar-refractivity contribution is 1.47. The molecule has 0 fully saturated rings. The van der Waals surface area contributed by atoms with Crippen LogP contribution in [0.5, 0.6) is 0 Å². The summed E-state index contributed by atoms with van der Waals surface area (Å²) in [5.41, 5.74) is 0. The molecule has 1 aromatic rings. The SMILES string of the molecule is Sc1cc[c]c(Cl)c1Cl. The van der Waals surface area contributed by atoms with Crippen molar-refractivity contribution in [2.24, 2.45) is 0 Å². The fraction of sp³-hybridized carbons (Fsp3) is 0. The summed E-state index contributed by atoms with van der Waals surface area (Å²) in [6.45, 7) is 0. The molecule has 9 heavy (non-hydrogen) atoms. The van der Waals surface area contributed by atoms with Crippen LogP contribution in [0.25, 0.3) is 0 Å². The van der Waals surface area contributed by atoms with Gasteiger partial charge in [0.15, 0.2) is 0 Å². The molecule has 47 valence electrons. The maximum absolute atomic E-state index is 5.64. The number of benzene rings is 1. The fourth-order valence-corrected chi connectivity index (χ4v) is 0.977. The van der Waals surface area contributed by atoms with Gasteiger partial charge in [-0.3, -0.25) is 0 Å². The third-order valence-corrected chi connectivity index (χ3v) is 2.16. The average molecular weight is 178 g/mol. The van der Waals surface area contributed by atoms with Gasteiger partial charge in [0.1, 0.15) is 0 Å². The molecule has 0 aromatic heterocycles. The van der Waals surface area contributed by atoms with Gasteiger partial charge in [0.25, 0.3) is 0 Å². The Balaban J connectivity index is 3.25. The van der Waals surface area contributed by atoms with E-state index in [-0.39, 0.29) is 0 Å². The number of hydrogen-bond donors (Lipinski definition) is 1. The van der Waals surface area contributed by atoms with Crippen LogP contribution < -0.4 is 0 Å². The van der Waals surface area contributed by atoms with Crippen molar-refractivity contribution in [3.8, 4) is 0 Å². The Kier molecular flexibility index (Phi) is 2.28. The van der Waals surface area contributed by atoms with Crippen LogP contribution >= 0.6 is 35.8 Å². The smallest absolute Gasteiger partial charge is 0.0731 e. The van der Waals surface area contributed by atoms with Crippen molar-refractivity contribution in [3.05, 3.63) is 28.2 Å². The van der Waals surface area contributed by atoms with E-state index < -0.39 is 0 Å². The molecule has 0 aliphatic carbocycles. The minimum atomic E-state index is 0.421. The Bertz CT molecular complexity index is 202. The molecule has 0 bridgehead atoms. The molecule has 0 nitrogen and oxygen atoms in total. The Morgan fingerprint density at radius 2 is 2.11 bits per heavy atom. The summed E-state index contributed by atoms with van der Waals surface area (Å²) < 4.78 is 0. The van der Waals surface area contributed by atoms with Crippen LogP contribution in [-0.4, -0.2) is 0 Å². The van der Waals surface area contributed by atoms with Gasteiger partial charge in [-0.2, -0.15) is 0 Å². The number of hydrogen-bond acceptors (Lipinski definition) is 1. The highest BCUT2D eigenvalue weighted by molar-refractivity contribution is 7.80. The van der Waals surface area contributed by atoms with Gasteiger partial charge in [-0.1, -0.05) is 29.3 Å². The van der Waals surface area contributed by atoms with Gasteiger partial charge in [0, 0.05) is 11.0 Å². The van der Waals surface area contributed by atoms with E-state index in [0.717, 1.165) is 0 Å². The van der Waals surface area contributed by atoms with Crippen molar-refractivity contribution in [1.29, 1.82) is 0 Å². The van der Waals surface area contributed by atoms with E-state index in [0.29, 0.717) is 14.9 Å². The van der Waals surface area contributed by atoms with Gasteiger partial charge in [0.2, 0.25) is 0 Å². The highest BCUT2D eigenvalue weighted by Gasteiger charge is 1.98. The molecule has 3 heteroatoms. The Labute approximate surface area is 69.2 Å². The molecule has 0 unspecified atom stereocenters. The van der Waals surface area contributed by atoms with Crippen LogP contribution in [-0.2, 0) is 0 Å². The van der Waals surface area contributed by atoms with E-state index in [2.05, 4.69) is 18.7 Å². The van der Waals surface area contributed by atoms with E-state index in [9.17, 15) is 0 Å². The first-order valence-corrected chi connectivity index (χ1v) is 3.47. The van der Waals surface area contributed by atoms with Crippen molar-refractivity contribution in [2.75, 3.05) is 0 Å². The Hall–Kier alpha value is 0.150. The highest BCUT2D eigenvalue weighted by atomic mass is 35.5. The molecule has 0 amide bonds. The third-order valence-electron chi connectivity index (χ3n) is 0.869. The topological polar surface area (TPSA) is 0 Å². The molecule has 0 saturated heterocycles. The Morgan fingerprint density at radius 1 is 1.44 bits per heavy atom. The molecule has 0 N–H and O–H groups in total. The lowest BCUT2D eigenvalue weighted by atomic mass is 10.4. The molecule has 0 atom stereocenters. The van der Waals surface area contributed by atoms with Crippen molar-refractivity contribution in [3.63, 3.8) is 0 Å². The summed E-state index contributed by atoms with van der Waals surface area (Å²) in [5.74, 6) is 0. The molecule has 1 radical (unpaired) electrons. The molecule has 0 saturated carbocycles. The first kappa shape index (κ1) is 7.26. The second-order valence-corrected chi connectivity index (χ2v) is 2.73. The number of rotatable bonds is 0. The largest absolute Gasteiger partial charge is 0.142 e. The lowest BCUT2D eigenvalue weighted by Crippen LogP contribution is -1.69. The molecule has 0 aliphatic rings. The van der Waals surface area contributed by atoms with Crippen LogP contribution in [0.1, 0.15) is 0 Å². The zero-order valence-electron chi connectivity index (χ0n) is 4.36. The maximum Gasteiger partial charge on any atom is 0.0731 e. The molecular weight excluding hydrogens is 175 g/mol. The zero-order valence-corrected chi connectivity index (χ0v) is 6.76. The van der Waals surface area contributed by atoms with Crippen molar-refractivity contribution in [2.45, 2.75) is 4.90 Å². The van der Waals surface area contributed by atoms with Crippen LogP contribution in [0.2, 0.25) is 10.0 Å². The van der Waals surface area contributed by atoms with Gasteiger partial charge >= 0.3 is 0 Å². The summed E-state index contributed by atoms with van der Waals surface area (Å²) >= 11 is 15.2. The fourth-order valence-electron chi connectivity index (χ4n) is 0.443. The van der Waals surface area contributed by atoms with Gasteiger partial charge in [0.05, 0.1) is 10.0 Å². The van der Waals surface area contributed by atoms with Gasteiger partial charge in [-0.15, -0.1) is 12.6 Å². The van der Waals surface area contributed by atoms with Crippen molar-refractivity contribution < 1.29 is 0 Å². The van der Waals surface area contributed by atoms with Crippen LogP contribution in [0.3, 0.4) is 0 Å². The summed E-state index contributed by atoms with van der Waals surface area (Å²) in [7, 11) is 0. The molecule has 0 heterocycles.